The number of aliphatic hydroxyl groups excluding tert-OH is 1. The molecule has 0 fully saturated rings. The first-order chi connectivity index (χ1) is 7.95. The Bertz CT molecular complexity index is 418. The van der Waals surface area contributed by atoms with Gasteiger partial charge in [0.2, 0.25) is 0 Å². The average molecular weight is 300 g/mol. The maximum absolute atomic E-state index is 11.9. The minimum atomic E-state index is -0.0848. The Kier molecular flexibility index (Phi) is 5.15. The summed E-state index contributed by atoms with van der Waals surface area (Å²) < 4.78 is 1.01. The van der Waals surface area contributed by atoms with Gasteiger partial charge in [-0.3, -0.25) is 4.79 Å². The average Bonchev–Trinajstić information content (AvgIpc) is 2.30. The zero-order chi connectivity index (χ0) is 13.0. The summed E-state index contributed by atoms with van der Waals surface area (Å²) in [7, 11) is 0. The van der Waals surface area contributed by atoms with Gasteiger partial charge in [0, 0.05) is 23.2 Å². The van der Waals surface area contributed by atoms with Crippen LogP contribution < -0.4 is 5.32 Å². The summed E-state index contributed by atoms with van der Waals surface area (Å²) in [5, 5.41) is 11.7. The molecule has 0 saturated heterocycles. The van der Waals surface area contributed by atoms with E-state index in [1.54, 1.807) is 0 Å². The van der Waals surface area contributed by atoms with Crippen molar-refractivity contribution < 1.29 is 9.90 Å². The number of rotatable bonds is 4. The molecule has 3 nitrogen and oxygen atoms in total. The molecule has 1 aromatic carbocycles. The fourth-order valence-electron chi connectivity index (χ4n) is 1.45. The summed E-state index contributed by atoms with van der Waals surface area (Å²) in [6, 6.07) is 3.82. The maximum Gasteiger partial charge on any atom is 0.251 e. The van der Waals surface area contributed by atoms with Crippen molar-refractivity contribution in [2.45, 2.75) is 20.8 Å². The standard InChI is InChI=1S/C13H18BrNO2/c1-8(7-16)6-15-13(17)11-4-10(3)12(14)5-9(11)2/h4-5,8,16H,6-7H2,1-3H3,(H,15,17). The lowest BCUT2D eigenvalue weighted by Gasteiger charge is -2.12. The molecule has 0 heterocycles. The summed E-state index contributed by atoms with van der Waals surface area (Å²) in [5.74, 6) is -0.00537. The maximum atomic E-state index is 11.9. The number of hydrogen-bond acceptors (Lipinski definition) is 2. The molecule has 4 heteroatoms. The first kappa shape index (κ1) is 14.2. The molecule has 0 bridgehead atoms. The molecule has 0 aliphatic rings. The van der Waals surface area contributed by atoms with Crippen LogP contribution in [0.2, 0.25) is 0 Å². The smallest absolute Gasteiger partial charge is 0.251 e. The van der Waals surface area contributed by atoms with E-state index in [4.69, 9.17) is 5.11 Å². The molecule has 94 valence electrons. The quantitative estimate of drug-likeness (QED) is 0.897. The van der Waals surface area contributed by atoms with Crippen LogP contribution >= 0.6 is 15.9 Å². The second-order valence-corrected chi connectivity index (χ2v) is 5.27. The van der Waals surface area contributed by atoms with E-state index >= 15 is 0 Å². The molecule has 2 N–H and O–H groups in total. The Morgan fingerprint density at radius 2 is 2.06 bits per heavy atom. The molecule has 0 radical (unpaired) electrons. The molecule has 1 unspecified atom stereocenters. The Labute approximate surface area is 110 Å². The first-order valence-electron chi connectivity index (χ1n) is 5.61. The number of carbonyl (C=O) groups is 1. The van der Waals surface area contributed by atoms with E-state index in [0.29, 0.717) is 12.1 Å². The van der Waals surface area contributed by atoms with Gasteiger partial charge < -0.3 is 10.4 Å². The third-order valence-corrected chi connectivity index (χ3v) is 3.53. The Balaban J connectivity index is 2.79. The monoisotopic (exact) mass is 299 g/mol. The molecule has 1 rings (SSSR count). The first-order valence-corrected chi connectivity index (χ1v) is 6.40. The third-order valence-electron chi connectivity index (χ3n) is 2.67. The van der Waals surface area contributed by atoms with Crippen molar-refractivity contribution in [3.63, 3.8) is 0 Å². The number of amides is 1. The van der Waals surface area contributed by atoms with E-state index in [2.05, 4.69) is 21.2 Å². The van der Waals surface area contributed by atoms with Gasteiger partial charge in [-0.25, -0.2) is 0 Å². The highest BCUT2D eigenvalue weighted by atomic mass is 79.9. The van der Waals surface area contributed by atoms with E-state index < -0.39 is 0 Å². The van der Waals surface area contributed by atoms with Gasteiger partial charge in [0.1, 0.15) is 0 Å². The van der Waals surface area contributed by atoms with Crippen LogP contribution in [0.3, 0.4) is 0 Å². The van der Waals surface area contributed by atoms with Crippen LogP contribution in [0.1, 0.15) is 28.4 Å². The van der Waals surface area contributed by atoms with Gasteiger partial charge in [-0.1, -0.05) is 22.9 Å². The van der Waals surface area contributed by atoms with Crippen LogP contribution in [-0.2, 0) is 0 Å². The van der Waals surface area contributed by atoms with Gasteiger partial charge in [0.15, 0.2) is 0 Å². The van der Waals surface area contributed by atoms with Crippen molar-refractivity contribution in [1.29, 1.82) is 0 Å². The van der Waals surface area contributed by atoms with Crippen molar-refractivity contribution in [3.05, 3.63) is 33.3 Å². The number of halogens is 1. The lowest BCUT2D eigenvalue weighted by atomic mass is 10.0. The minimum absolute atomic E-state index is 0.0794. The molecule has 0 spiro atoms. The van der Waals surface area contributed by atoms with Crippen LogP contribution in [0.15, 0.2) is 16.6 Å². The van der Waals surface area contributed by atoms with Crippen LogP contribution in [0.25, 0.3) is 0 Å². The molecular formula is C13H18BrNO2. The summed E-state index contributed by atoms with van der Waals surface area (Å²) in [6.45, 7) is 6.33. The Morgan fingerprint density at radius 3 is 2.65 bits per heavy atom. The Hall–Kier alpha value is -0.870. The van der Waals surface area contributed by atoms with E-state index in [0.717, 1.165) is 15.6 Å². The number of aliphatic hydroxyl groups is 1. The molecule has 1 amide bonds. The van der Waals surface area contributed by atoms with E-state index in [-0.39, 0.29) is 18.4 Å². The molecule has 0 aliphatic heterocycles. The number of carbonyl (C=O) groups excluding carboxylic acids is 1. The molecule has 0 aromatic heterocycles. The van der Waals surface area contributed by atoms with Crippen LogP contribution in [0, 0.1) is 19.8 Å². The number of aryl methyl sites for hydroxylation is 2. The highest BCUT2D eigenvalue weighted by Gasteiger charge is 2.11. The van der Waals surface area contributed by atoms with Gasteiger partial charge in [0.05, 0.1) is 0 Å². The van der Waals surface area contributed by atoms with Crippen molar-refractivity contribution in [2.24, 2.45) is 5.92 Å². The molecule has 1 aromatic rings. The summed E-state index contributed by atoms with van der Waals surface area (Å²) in [6.07, 6.45) is 0. The second-order valence-electron chi connectivity index (χ2n) is 4.41. The van der Waals surface area contributed by atoms with Gasteiger partial charge in [-0.2, -0.15) is 0 Å². The Morgan fingerprint density at radius 1 is 1.41 bits per heavy atom. The van der Waals surface area contributed by atoms with Crippen LogP contribution in [0.5, 0.6) is 0 Å². The molecule has 1 atom stereocenters. The van der Waals surface area contributed by atoms with Crippen molar-refractivity contribution >= 4 is 21.8 Å². The van der Waals surface area contributed by atoms with E-state index in [1.165, 1.54) is 0 Å². The lowest BCUT2D eigenvalue weighted by molar-refractivity contribution is 0.0941. The van der Waals surface area contributed by atoms with Gasteiger partial charge in [-0.05, 0) is 43.0 Å². The van der Waals surface area contributed by atoms with Crippen LogP contribution in [0.4, 0.5) is 0 Å². The van der Waals surface area contributed by atoms with Crippen molar-refractivity contribution in [3.8, 4) is 0 Å². The zero-order valence-electron chi connectivity index (χ0n) is 10.4. The topological polar surface area (TPSA) is 49.3 Å². The molecule has 17 heavy (non-hydrogen) atoms. The fraction of sp³-hybridized carbons (Fsp3) is 0.462. The van der Waals surface area contributed by atoms with E-state index in [9.17, 15) is 4.79 Å². The molecular weight excluding hydrogens is 282 g/mol. The number of nitrogens with one attached hydrogen (secondary N) is 1. The summed E-state index contributed by atoms with van der Waals surface area (Å²) >= 11 is 3.44. The van der Waals surface area contributed by atoms with E-state index in [1.807, 2.05) is 32.9 Å². The lowest BCUT2D eigenvalue weighted by Crippen LogP contribution is -2.30. The fourth-order valence-corrected chi connectivity index (χ4v) is 1.91. The van der Waals surface area contributed by atoms with Gasteiger partial charge >= 0.3 is 0 Å². The summed E-state index contributed by atoms with van der Waals surface area (Å²) in [5.41, 5.74) is 2.67. The SMILES string of the molecule is Cc1cc(C(=O)NCC(C)CO)c(C)cc1Br. The zero-order valence-corrected chi connectivity index (χ0v) is 12.0. The second kappa shape index (κ2) is 6.17. The third kappa shape index (κ3) is 3.82. The number of benzene rings is 1. The molecule has 0 aliphatic carbocycles. The minimum Gasteiger partial charge on any atom is -0.396 e. The predicted octanol–water partition coefficient (Wildman–Crippen LogP) is 2.42. The van der Waals surface area contributed by atoms with Gasteiger partial charge in [0.25, 0.3) is 5.91 Å². The predicted molar refractivity (Wildman–Crippen MR) is 72.2 cm³/mol. The van der Waals surface area contributed by atoms with Crippen molar-refractivity contribution in [2.75, 3.05) is 13.2 Å². The highest BCUT2D eigenvalue weighted by Crippen LogP contribution is 2.20. The normalized spacial score (nSPS) is 12.3. The van der Waals surface area contributed by atoms with Gasteiger partial charge in [-0.15, -0.1) is 0 Å². The summed E-state index contributed by atoms with van der Waals surface area (Å²) in [4.78, 5) is 11.9. The van der Waals surface area contributed by atoms with Crippen LogP contribution in [-0.4, -0.2) is 24.2 Å². The number of hydrogen-bond donors (Lipinski definition) is 2. The largest absolute Gasteiger partial charge is 0.396 e. The highest BCUT2D eigenvalue weighted by molar-refractivity contribution is 9.10. The van der Waals surface area contributed by atoms with Crippen molar-refractivity contribution in [1.82, 2.24) is 5.32 Å². The molecule has 0 saturated carbocycles.